The number of esters is 2. The molecule has 130 valence electrons. The van der Waals surface area contributed by atoms with Gasteiger partial charge >= 0.3 is 11.9 Å². The van der Waals surface area contributed by atoms with Gasteiger partial charge in [-0.05, 0) is 37.5 Å². The van der Waals surface area contributed by atoms with Gasteiger partial charge in [-0.25, -0.2) is 0 Å². The second-order valence-electron chi connectivity index (χ2n) is 8.46. The zero-order valence-corrected chi connectivity index (χ0v) is 15.7. The Labute approximate surface area is 135 Å². The highest BCUT2D eigenvalue weighted by Gasteiger charge is 2.47. The predicted octanol–water partition coefficient (Wildman–Crippen LogP) is 4.36. The SMILES string of the molecule is CCOC(=O)CC(CC(C)(C)C)(CC(C)(C)C)C(=O)OCC. The van der Waals surface area contributed by atoms with Crippen LogP contribution in [0.25, 0.3) is 0 Å². The van der Waals surface area contributed by atoms with Crippen molar-refractivity contribution in [2.24, 2.45) is 16.2 Å². The third-order valence-electron chi connectivity index (χ3n) is 3.23. The fourth-order valence-electron chi connectivity index (χ4n) is 3.21. The Bertz CT molecular complexity index is 356. The van der Waals surface area contributed by atoms with Crippen molar-refractivity contribution in [3.8, 4) is 0 Å². The van der Waals surface area contributed by atoms with Crippen LogP contribution in [0.4, 0.5) is 0 Å². The van der Waals surface area contributed by atoms with Gasteiger partial charge in [-0.3, -0.25) is 9.59 Å². The van der Waals surface area contributed by atoms with Crippen LogP contribution in [0, 0.1) is 16.2 Å². The van der Waals surface area contributed by atoms with E-state index in [0.29, 0.717) is 26.1 Å². The molecule has 0 rings (SSSR count). The molecule has 0 aliphatic heterocycles. The quantitative estimate of drug-likeness (QED) is 0.655. The summed E-state index contributed by atoms with van der Waals surface area (Å²) >= 11 is 0. The molecule has 0 aliphatic carbocycles. The topological polar surface area (TPSA) is 52.6 Å². The first-order valence-corrected chi connectivity index (χ1v) is 8.18. The molecule has 0 radical (unpaired) electrons. The lowest BCUT2D eigenvalue weighted by atomic mass is 9.64. The van der Waals surface area contributed by atoms with Crippen LogP contribution in [0.1, 0.15) is 74.7 Å². The van der Waals surface area contributed by atoms with E-state index < -0.39 is 5.41 Å². The lowest BCUT2D eigenvalue weighted by Crippen LogP contribution is -2.42. The van der Waals surface area contributed by atoms with E-state index in [1.54, 1.807) is 13.8 Å². The summed E-state index contributed by atoms with van der Waals surface area (Å²) in [4.78, 5) is 24.8. The average Bonchev–Trinajstić information content (AvgIpc) is 2.24. The minimum atomic E-state index is -0.835. The third kappa shape index (κ3) is 7.81. The average molecular weight is 314 g/mol. The fraction of sp³-hybridized carbons (Fsp3) is 0.889. The van der Waals surface area contributed by atoms with E-state index >= 15 is 0 Å². The molecule has 0 aromatic carbocycles. The number of carbonyl (C=O) groups is 2. The van der Waals surface area contributed by atoms with E-state index in [1.807, 2.05) is 0 Å². The van der Waals surface area contributed by atoms with E-state index in [2.05, 4.69) is 41.5 Å². The Morgan fingerprint density at radius 2 is 1.18 bits per heavy atom. The highest BCUT2D eigenvalue weighted by Crippen LogP contribution is 2.46. The molecule has 4 heteroatoms. The molecule has 22 heavy (non-hydrogen) atoms. The summed E-state index contributed by atoms with van der Waals surface area (Å²) in [6.07, 6.45) is 1.26. The van der Waals surface area contributed by atoms with Crippen LogP contribution in [0.15, 0.2) is 0 Å². The van der Waals surface area contributed by atoms with E-state index in [1.165, 1.54) is 0 Å². The van der Waals surface area contributed by atoms with E-state index in [9.17, 15) is 9.59 Å². The second kappa shape index (κ2) is 7.98. The minimum absolute atomic E-state index is 0.0776. The van der Waals surface area contributed by atoms with Gasteiger partial charge in [-0.15, -0.1) is 0 Å². The Kier molecular flexibility index (Phi) is 7.60. The van der Waals surface area contributed by atoms with Crippen molar-refractivity contribution in [1.82, 2.24) is 0 Å². The molecule has 0 aliphatic rings. The van der Waals surface area contributed by atoms with E-state index in [0.717, 1.165) is 0 Å². The minimum Gasteiger partial charge on any atom is -0.466 e. The largest absolute Gasteiger partial charge is 0.466 e. The van der Waals surface area contributed by atoms with Gasteiger partial charge in [0.2, 0.25) is 0 Å². The normalized spacial score (nSPS) is 12.9. The number of rotatable bonds is 7. The van der Waals surface area contributed by atoms with E-state index in [4.69, 9.17) is 9.47 Å². The molecule has 0 aromatic rings. The molecular weight excluding hydrogens is 280 g/mol. The summed E-state index contributed by atoms with van der Waals surface area (Å²) in [5, 5.41) is 0. The van der Waals surface area contributed by atoms with Crippen molar-refractivity contribution in [2.45, 2.75) is 74.7 Å². The van der Waals surface area contributed by atoms with Gasteiger partial charge in [-0.1, -0.05) is 41.5 Å². The first-order chi connectivity index (χ1) is 9.85. The number of hydrogen-bond donors (Lipinski definition) is 0. The number of carbonyl (C=O) groups excluding carboxylic acids is 2. The zero-order chi connectivity index (χ0) is 17.6. The van der Waals surface area contributed by atoms with Gasteiger partial charge in [0.05, 0.1) is 25.0 Å². The monoisotopic (exact) mass is 314 g/mol. The van der Waals surface area contributed by atoms with Crippen molar-refractivity contribution in [1.29, 1.82) is 0 Å². The smallest absolute Gasteiger partial charge is 0.312 e. The third-order valence-corrected chi connectivity index (χ3v) is 3.23. The van der Waals surface area contributed by atoms with Crippen molar-refractivity contribution >= 4 is 11.9 Å². The predicted molar refractivity (Wildman–Crippen MR) is 88.5 cm³/mol. The first-order valence-electron chi connectivity index (χ1n) is 8.18. The molecule has 0 heterocycles. The van der Waals surface area contributed by atoms with Crippen LogP contribution in [0.5, 0.6) is 0 Å². The van der Waals surface area contributed by atoms with Crippen molar-refractivity contribution in [2.75, 3.05) is 13.2 Å². The number of ether oxygens (including phenoxy) is 2. The molecule has 0 N–H and O–H groups in total. The maximum absolute atomic E-state index is 12.7. The maximum atomic E-state index is 12.7. The summed E-state index contributed by atoms with van der Waals surface area (Å²) < 4.78 is 10.4. The number of hydrogen-bond acceptors (Lipinski definition) is 4. The van der Waals surface area contributed by atoms with Gasteiger partial charge in [-0.2, -0.15) is 0 Å². The molecule has 4 nitrogen and oxygen atoms in total. The highest BCUT2D eigenvalue weighted by molar-refractivity contribution is 5.83. The molecule has 0 bridgehead atoms. The van der Waals surface area contributed by atoms with E-state index in [-0.39, 0.29) is 29.2 Å². The Balaban J connectivity index is 5.68. The molecule has 0 aromatic heterocycles. The summed E-state index contributed by atoms with van der Waals surface area (Å²) in [6, 6.07) is 0. The van der Waals surface area contributed by atoms with Crippen LogP contribution in [-0.4, -0.2) is 25.2 Å². The molecule has 0 unspecified atom stereocenters. The Morgan fingerprint density at radius 1 is 0.773 bits per heavy atom. The first kappa shape index (κ1) is 20.9. The molecule has 0 amide bonds. The second-order valence-corrected chi connectivity index (χ2v) is 8.46. The molecular formula is C18H34O4. The van der Waals surface area contributed by atoms with Gasteiger partial charge in [0, 0.05) is 0 Å². The van der Waals surface area contributed by atoms with Crippen molar-refractivity contribution in [3.63, 3.8) is 0 Å². The van der Waals surface area contributed by atoms with Crippen LogP contribution >= 0.6 is 0 Å². The summed E-state index contributed by atoms with van der Waals surface area (Å²) in [5.74, 6) is -0.614. The van der Waals surface area contributed by atoms with Gasteiger partial charge in [0.1, 0.15) is 0 Å². The van der Waals surface area contributed by atoms with Crippen molar-refractivity contribution < 1.29 is 19.1 Å². The van der Waals surface area contributed by atoms with Crippen LogP contribution < -0.4 is 0 Å². The summed E-state index contributed by atoms with van der Waals surface area (Å²) in [5.41, 5.74) is -1.02. The summed E-state index contributed by atoms with van der Waals surface area (Å²) in [6.45, 7) is 16.7. The summed E-state index contributed by atoms with van der Waals surface area (Å²) in [7, 11) is 0. The molecule has 0 atom stereocenters. The van der Waals surface area contributed by atoms with Gasteiger partial charge in [0.15, 0.2) is 0 Å². The lowest BCUT2D eigenvalue weighted by Gasteiger charge is -2.40. The lowest BCUT2D eigenvalue weighted by molar-refractivity contribution is -0.167. The van der Waals surface area contributed by atoms with Crippen LogP contribution in [-0.2, 0) is 19.1 Å². The fourth-order valence-corrected chi connectivity index (χ4v) is 3.21. The molecule has 0 saturated heterocycles. The molecule has 0 fully saturated rings. The van der Waals surface area contributed by atoms with Crippen molar-refractivity contribution in [3.05, 3.63) is 0 Å². The van der Waals surface area contributed by atoms with Gasteiger partial charge in [0.25, 0.3) is 0 Å². The highest BCUT2D eigenvalue weighted by atomic mass is 16.5. The molecule has 0 saturated carbocycles. The van der Waals surface area contributed by atoms with Gasteiger partial charge < -0.3 is 9.47 Å². The standard InChI is InChI=1S/C18H34O4/c1-9-21-14(19)11-18(12-16(3,4)5,13-17(6,7)8)15(20)22-10-2/h9-13H2,1-8H3. The Hall–Kier alpha value is -1.06. The van der Waals surface area contributed by atoms with Crippen LogP contribution in [0.2, 0.25) is 0 Å². The molecule has 0 spiro atoms. The maximum Gasteiger partial charge on any atom is 0.312 e. The Morgan fingerprint density at radius 3 is 1.50 bits per heavy atom. The van der Waals surface area contributed by atoms with Crippen LogP contribution in [0.3, 0.4) is 0 Å². The zero-order valence-electron chi connectivity index (χ0n) is 15.7.